The fourth-order valence-corrected chi connectivity index (χ4v) is 1.87. The van der Waals surface area contributed by atoms with Crippen molar-refractivity contribution in [1.29, 1.82) is 0 Å². The summed E-state index contributed by atoms with van der Waals surface area (Å²) in [6.07, 6.45) is 11.9. The Kier molecular flexibility index (Phi) is 13.0. The van der Waals surface area contributed by atoms with Gasteiger partial charge in [-0.3, -0.25) is 10.0 Å². The number of amides is 1. The summed E-state index contributed by atoms with van der Waals surface area (Å²) in [5.74, 6) is -0.283. The van der Waals surface area contributed by atoms with Crippen molar-refractivity contribution < 1.29 is 15.1 Å². The van der Waals surface area contributed by atoms with E-state index in [0.717, 1.165) is 25.7 Å². The molecular weight excluding hydrogens is 218 g/mol. The maximum atomic E-state index is 10.7. The molecule has 0 atom stereocenters. The van der Waals surface area contributed by atoms with Crippen molar-refractivity contribution in [3.05, 3.63) is 0 Å². The molecule has 0 fully saturated rings. The van der Waals surface area contributed by atoms with Crippen molar-refractivity contribution >= 4 is 5.91 Å². The van der Waals surface area contributed by atoms with E-state index in [-0.39, 0.29) is 5.91 Å². The van der Waals surface area contributed by atoms with Gasteiger partial charge in [-0.05, 0) is 12.8 Å². The summed E-state index contributed by atoms with van der Waals surface area (Å²) >= 11 is 0. The van der Waals surface area contributed by atoms with Crippen LogP contribution in [0.25, 0.3) is 0 Å². The van der Waals surface area contributed by atoms with Gasteiger partial charge in [-0.1, -0.05) is 51.4 Å². The number of aliphatic hydroxyl groups excluding tert-OH is 1. The summed E-state index contributed by atoms with van der Waals surface area (Å²) < 4.78 is 0. The van der Waals surface area contributed by atoms with Gasteiger partial charge in [-0.25, -0.2) is 5.48 Å². The number of hydrogen-bond donors (Lipinski definition) is 3. The van der Waals surface area contributed by atoms with Gasteiger partial charge in [-0.15, -0.1) is 0 Å². The number of aliphatic hydroxyl groups is 1. The van der Waals surface area contributed by atoms with E-state index in [0.29, 0.717) is 13.0 Å². The summed E-state index contributed by atoms with van der Waals surface area (Å²) in [7, 11) is 0. The standard InChI is InChI=1S/C13H27NO3/c15-12-10-8-6-4-2-1-3-5-7-9-11-13(16)14-17/h15,17H,1-12H2,(H,14,16). The van der Waals surface area contributed by atoms with Gasteiger partial charge in [-0.2, -0.15) is 0 Å². The van der Waals surface area contributed by atoms with Gasteiger partial charge in [0, 0.05) is 13.0 Å². The van der Waals surface area contributed by atoms with E-state index in [1.807, 2.05) is 0 Å². The molecule has 4 heteroatoms. The summed E-state index contributed by atoms with van der Waals surface area (Å²) in [4.78, 5) is 10.7. The second-order valence-corrected chi connectivity index (χ2v) is 4.54. The lowest BCUT2D eigenvalue weighted by Gasteiger charge is -2.02. The first-order chi connectivity index (χ1) is 8.31. The molecule has 0 bridgehead atoms. The maximum Gasteiger partial charge on any atom is 0.243 e. The molecule has 17 heavy (non-hydrogen) atoms. The topological polar surface area (TPSA) is 69.6 Å². The van der Waals surface area contributed by atoms with Crippen LogP contribution in [0.1, 0.15) is 70.6 Å². The highest BCUT2D eigenvalue weighted by molar-refractivity contribution is 5.74. The first-order valence-corrected chi connectivity index (χ1v) is 6.85. The van der Waals surface area contributed by atoms with Crippen LogP contribution in [0.3, 0.4) is 0 Å². The number of rotatable bonds is 12. The van der Waals surface area contributed by atoms with Crippen LogP contribution in [0.5, 0.6) is 0 Å². The molecule has 0 saturated heterocycles. The van der Waals surface area contributed by atoms with Crippen molar-refractivity contribution in [2.24, 2.45) is 0 Å². The van der Waals surface area contributed by atoms with E-state index in [2.05, 4.69) is 0 Å². The molecule has 102 valence electrons. The monoisotopic (exact) mass is 245 g/mol. The van der Waals surface area contributed by atoms with Crippen LogP contribution < -0.4 is 5.48 Å². The number of hydrogen-bond acceptors (Lipinski definition) is 3. The van der Waals surface area contributed by atoms with E-state index in [4.69, 9.17) is 10.3 Å². The number of carbonyl (C=O) groups excluding carboxylic acids is 1. The zero-order chi connectivity index (χ0) is 12.8. The molecule has 0 saturated carbocycles. The van der Waals surface area contributed by atoms with Gasteiger partial charge in [0.05, 0.1) is 0 Å². The minimum atomic E-state index is -0.283. The summed E-state index contributed by atoms with van der Waals surface area (Å²) in [6.45, 7) is 0.321. The average Bonchev–Trinajstić information content (AvgIpc) is 2.35. The maximum absolute atomic E-state index is 10.7. The molecule has 0 unspecified atom stereocenters. The predicted molar refractivity (Wildman–Crippen MR) is 67.8 cm³/mol. The van der Waals surface area contributed by atoms with Crippen molar-refractivity contribution in [2.75, 3.05) is 6.61 Å². The van der Waals surface area contributed by atoms with Crippen molar-refractivity contribution in [3.8, 4) is 0 Å². The van der Waals surface area contributed by atoms with Crippen LogP contribution in [-0.4, -0.2) is 22.8 Å². The molecule has 4 nitrogen and oxygen atoms in total. The van der Waals surface area contributed by atoms with Crippen LogP contribution in [-0.2, 0) is 4.79 Å². The highest BCUT2D eigenvalue weighted by Crippen LogP contribution is 2.11. The SMILES string of the molecule is O=C(CCCCCCCCCCCCO)NO. The molecule has 0 radical (unpaired) electrons. The van der Waals surface area contributed by atoms with Crippen LogP contribution >= 0.6 is 0 Å². The van der Waals surface area contributed by atoms with Crippen molar-refractivity contribution in [3.63, 3.8) is 0 Å². The smallest absolute Gasteiger partial charge is 0.243 e. The van der Waals surface area contributed by atoms with Gasteiger partial charge in [0.2, 0.25) is 5.91 Å². The lowest BCUT2D eigenvalue weighted by molar-refractivity contribution is -0.129. The predicted octanol–water partition coefficient (Wildman–Crippen LogP) is 2.78. The third-order valence-corrected chi connectivity index (χ3v) is 2.94. The number of hydroxylamine groups is 1. The molecule has 3 N–H and O–H groups in total. The zero-order valence-electron chi connectivity index (χ0n) is 10.8. The van der Waals surface area contributed by atoms with Crippen LogP contribution in [0.2, 0.25) is 0 Å². The zero-order valence-corrected chi connectivity index (χ0v) is 10.8. The van der Waals surface area contributed by atoms with Gasteiger partial charge in [0.15, 0.2) is 0 Å². The van der Waals surface area contributed by atoms with E-state index in [1.165, 1.54) is 38.5 Å². The molecule has 0 aromatic carbocycles. The van der Waals surface area contributed by atoms with Crippen molar-refractivity contribution in [1.82, 2.24) is 5.48 Å². The Morgan fingerprint density at radius 1 is 0.765 bits per heavy atom. The Hall–Kier alpha value is -0.610. The Bertz CT molecular complexity index is 174. The molecule has 0 aromatic heterocycles. The minimum Gasteiger partial charge on any atom is -0.396 e. The van der Waals surface area contributed by atoms with E-state index >= 15 is 0 Å². The van der Waals surface area contributed by atoms with Crippen LogP contribution in [0.15, 0.2) is 0 Å². The first-order valence-electron chi connectivity index (χ1n) is 6.85. The third kappa shape index (κ3) is 13.3. The Morgan fingerprint density at radius 2 is 1.18 bits per heavy atom. The van der Waals surface area contributed by atoms with Gasteiger partial charge < -0.3 is 5.11 Å². The first kappa shape index (κ1) is 16.4. The molecule has 0 aliphatic heterocycles. The molecule has 1 amide bonds. The summed E-state index contributed by atoms with van der Waals surface area (Å²) in [5, 5.41) is 16.9. The molecule has 0 aromatic rings. The fraction of sp³-hybridized carbons (Fsp3) is 0.923. The number of unbranched alkanes of at least 4 members (excludes halogenated alkanes) is 9. The van der Waals surface area contributed by atoms with E-state index in [1.54, 1.807) is 5.48 Å². The number of nitrogens with one attached hydrogen (secondary N) is 1. The van der Waals surface area contributed by atoms with Crippen molar-refractivity contribution in [2.45, 2.75) is 70.6 Å². The minimum absolute atomic E-state index is 0.283. The lowest BCUT2D eigenvalue weighted by Crippen LogP contribution is -2.17. The summed E-state index contributed by atoms with van der Waals surface area (Å²) in [5.41, 5.74) is 1.64. The summed E-state index contributed by atoms with van der Waals surface area (Å²) in [6, 6.07) is 0. The second kappa shape index (κ2) is 13.5. The quantitative estimate of drug-likeness (QED) is 0.281. The largest absolute Gasteiger partial charge is 0.396 e. The molecular formula is C13H27NO3. The van der Waals surface area contributed by atoms with Gasteiger partial charge in [0.1, 0.15) is 0 Å². The third-order valence-electron chi connectivity index (χ3n) is 2.94. The lowest BCUT2D eigenvalue weighted by atomic mass is 10.1. The molecule has 0 aliphatic rings. The molecule has 0 rings (SSSR count). The van der Waals surface area contributed by atoms with Gasteiger partial charge in [0.25, 0.3) is 0 Å². The van der Waals surface area contributed by atoms with E-state index < -0.39 is 0 Å². The molecule has 0 heterocycles. The van der Waals surface area contributed by atoms with Gasteiger partial charge >= 0.3 is 0 Å². The fourth-order valence-electron chi connectivity index (χ4n) is 1.87. The molecule has 0 spiro atoms. The Labute approximate surface area is 104 Å². The second-order valence-electron chi connectivity index (χ2n) is 4.54. The highest BCUT2D eigenvalue weighted by atomic mass is 16.5. The van der Waals surface area contributed by atoms with E-state index in [9.17, 15) is 4.79 Å². The Morgan fingerprint density at radius 3 is 1.59 bits per heavy atom. The number of carbonyl (C=O) groups is 1. The van der Waals surface area contributed by atoms with Crippen LogP contribution in [0, 0.1) is 0 Å². The average molecular weight is 245 g/mol. The van der Waals surface area contributed by atoms with Crippen LogP contribution in [0.4, 0.5) is 0 Å². The highest BCUT2D eigenvalue weighted by Gasteiger charge is 1.98. The molecule has 0 aliphatic carbocycles. The Balaban J connectivity index is 2.96. The normalized spacial score (nSPS) is 10.5.